The van der Waals surface area contributed by atoms with Gasteiger partial charge in [-0.1, -0.05) is 5.16 Å². The molecule has 22 heavy (non-hydrogen) atoms. The zero-order valence-electron chi connectivity index (χ0n) is 12.4. The molecule has 0 spiro atoms. The van der Waals surface area contributed by atoms with E-state index in [0.717, 1.165) is 5.69 Å². The van der Waals surface area contributed by atoms with Crippen molar-refractivity contribution in [3.8, 4) is 11.5 Å². The number of fused-ring (bicyclic) bond motifs is 1. The molecule has 7 heteroatoms. The minimum absolute atomic E-state index is 0.217. The van der Waals surface area contributed by atoms with Gasteiger partial charge in [-0.2, -0.15) is 0 Å². The second kappa shape index (κ2) is 5.97. The number of carbonyl (C=O) groups is 1. The molecule has 2 aromatic rings. The van der Waals surface area contributed by atoms with E-state index in [-0.39, 0.29) is 5.91 Å². The lowest BCUT2D eigenvalue weighted by Crippen LogP contribution is -2.31. The molecular formula is C15H17N3O4. The van der Waals surface area contributed by atoms with Crippen molar-refractivity contribution < 1.29 is 18.8 Å². The Bertz CT molecular complexity index is 683. The van der Waals surface area contributed by atoms with E-state index in [1.165, 1.54) is 0 Å². The van der Waals surface area contributed by atoms with Gasteiger partial charge < -0.3 is 19.3 Å². The predicted octanol–water partition coefficient (Wildman–Crippen LogP) is 2.19. The van der Waals surface area contributed by atoms with E-state index in [1.807, 2.05) is 18.2 Å². The Kier molecular flexibility index (Phi) is 3.86. The summed E-state index contributed by atoms with van der Waals surface area (Å²) in [6, 6.07) is 6.69. The Hall–Kier alpha value is -2.70. The molecule has 0 aliphatic carbocycles. The molecule has 1 amide bonds. The van der Waals surface area contributed by atoms with Crippen LogP contribution in [0.5, 0.6) is 11.5 Å². The van der Waals surface area contributed by atoms with Crippen molar-refractivity contribution in [2.45, 2.75) is 19.9 Å². The number of aromatic nitrogens is 1. The van der Waals surface area contributed by atoms with E-state index in [9.17, 15) is 4.79 Å². The van der Waals surface area contributed by atoms with Gasteiger partial charge in [0.05, 0.1) is 5.69 Å². The van der Waals surface area contributed by atoms with E-state index < -0.39 is 6.04 Å². The number of anilines is 2. The molecule has 116 valence electrons. The highest BCUT2D eigenvalue weighted by molar-refractivity contribution is 5.95. The highest BCUT2D eigenvalue weighted by atomic mass is 16.6. The summed E-state index contributed by atoms with van der Waals surface area (Å²) in [6.45, 7) is 4.62. The molecule has 1 aliphatic rings. The first kappa shape index (κ1) is 14.2. The summed E-state index contributed by atoms with van der Waals surface area (Å²) in [6.07, 6.45) is 0. The fraction of sp³-hybridized carbons (Fsp3) is 0.333. The first-order chi connectivity index (χ1) is 10.6. The van der Waals surface area contributed by atoms with E-state index in [0.29, 0.717) is 36.3 Å². The van der Waals surface area contributed by atoms with Gasteiger partial charge in [-0.3, -0.25) is 10.1 Å². The molecule has 3 rings (SSSR count). The van der Waals surface area contributed by atoms with E-state index in [4.69, 9.17) is 14.0 Å². The van der Waals surface area contributed by atoms with Crippen LogP contribution in [0.2, 0.25) is 0 Å². The van der Waals surface area contributed by atoms with Crippen LogP contribution < -0.4 is 20.1 Å². The van der Waals surface area contributed by atoms with E-state index >= 15 is 0 Å². The number of ether oxygens (including phenoxy) is 2. The normalized spacial score (nSPS) is 14.3. The molecule has 0 unspecified atom stereocenters. The summed E-state index contributed by atoms with van der Waals surface area (Å²) in [7, 11) is 0. The zero-order chi connectivity index (χ0) is 15.5. The Labute approximate surface area is 127 Å². The summed E-state index contributed by atoms with van der Waals surface area (Å²) < 4.78 is 15.9. The second-order valence-corrected chi connectivity index (χ2v) is 5.05. The van der Waals surface area contributed by atoms with Crippen molar-refractivity contribution in [1.29, 1.82) is 0 Å². The maximum atomic E-state index is 12.1. The number of nitrogens with zero attached hydrogens (tertiary/aromatic N) is 1. The first-order valence-electron chi connectivity index (χ1n) is 7.02. The van der Waals surface area contributed by atoms with Crippen LogP contribution in [-0.2, 0) is 4.79 Å². The molecule has 0 bridgehead atoms. The topological polar surface area (TPSA) is 85.6 Å². The number of carbonyl (C=O) groups excluding carboxylic acids is 1. The number of hydrogen-bond acceptors (Lipinski definition) is 6. The molecule has 2 N–H and O–H groups in total. The van der Waals surface area contributed by atoms with Crippen LogP contribution in [0.15, 0.2) is 28.8 Å². The van der Waals surface area contributed by atoms with Gasteiger partial charge in [0.1, 0.15) is 19.3 Å². The number of rotatable bonds is 4. The lowest BCUT2D eigenvalue weighted by atomic mass is 10.2. The van der Waals surface area contributed by atoms with Crippen LogP contribution in [0.25, 0.3) is 0 Å². The van der Waals surface area contributed by atoms with Crippen LogP contribution in [0, 0.1) is 6.92 Å². The SMILES string of the molecule is Cc1cc(NC(=O)[C@@H](C)Nc2ccc3c(c2)OCCO3)on1. The number of hydrogen-bond donors (Lipinski definition) is 2. The lowest BCUT2D eigenvalue weighted by Gasteiger charge is -2.20. The number of benzene rings is 1. The Morgan fingerprint density at radius 1 is 1.23 bits per heavy atom. The number of amides is 1. The molecule has 0 saturated heterocycles. The van der Waals surface area contributed by atoms with Gasteiger partial charge >= 0.3 is 0 Å². The number of nitrogens with one attached hydrogen (secondary N) is 2. The molecular weight excluding hydrogens is 286 g/mol. The van der Waals surface area contributed by atoms with Crippen molar-refractivity contribution in [3.63, 3.8) is 0 Å². The highest BCUT2D eigenvalue weighted by Crippen LogP contribution is 2.32. The monoisotopic (exact) mass is 303 g/mol. The average Bonchev–Trinajstić information content (AvgIpc) is 2.92. The summed E-state index contributed by atoms with van der Waals surface area (Å²) in [4.78, 5) is 12.1. The smallest absolute Gasteiger partial charge is 0.248 e. The van der Waals surface area contributed by atoms with Crippen molar-refractivity contribution in [2.75, 3.05) is 23.8 Å². The standard InChI is InChI=1S/C15H17N3O4/c1-9-7-14(22-18-9)17-15(19)10(2)16-11-3-4-12-13(8-11)21-6-5-20-12/h3-4,7-8,10,16H,5-6H2,1-2H3,(H,17,19)/t10-/m1/s1. The van der Waals surface area contributed by atoms with Gasteiger partial charge in [-0.05, 0) is 26.0 Å². The van der Waals surface area contributed by atoms with Gasteiger partial charge in [0.15, 0.2) is 11.5 Å². The third-order valence-corrected chi connectivity index (χ3v) is 3.19. The zero-order valence-corrected chi connectivity index (χ0v) is 12.4. The summed E-state index contributed by atoms with van der Waals surface area (Å²) in [5.74, 6) is 1.50. The third kappa shape index (κ3) is 3.13. The van der Waals surface area contributed by atoms with Crippen LogP contribution in [0.3, 0.4) is 0 Å². The summed E-state index contributed by atoms with van der Waals surface area (Å²) in [5.41, 5.74) is 1.49. The quantitative estimate of drug-likeness (QED) is 0.900. The van der Waals surface area contributed by atoms with E-state index in [1.54, 1.807) is 19.9 Å². The maximum Gasteiger partial charge on any atom is 0.248 e. The fourth-order valence-corrected chi connectivity index (χ4v) is 2.10. The highest BCUT2D eigenvalue weighted by Gasteiger charge is 2.17. The molecule has 1 atom stereocenters. The summed E-state index contributed by atoms with van der Waals surface area (Å²) >= 11 is 0. The van der Waals surface area contributed by atoms with Crippen molar-refractivity contribution in [2.24, 2.45) is 0 Å². The van der Waals surface area contributed by atoms with Crippen molar-refractivity contribution in [3.05, 3.63) is 30.0 Å². The third-order valence-electron chi connectivity index (χ3n) is 3.19. The maximum absolute atomic E-state index is 12.1. The second-order valence-electron chi connectivity index (χ2n) is 5.05. The molecule has 1 aromatic heterocycles. The van der Waals surface area contributed by atoms with Gasteiger partial charge in [0.2, 0.25) is 11.8 Å². The van der Waals surface area contributed by atoms with Crippen LogP contribution >= 0.6 is 0 Å². The minimum Gasteiger partial charge on any atom is -0.486 e. The van der Waals surface area contributed by atoms with Gasteiger partial charge in [-0.25, -0.2) is 0 Å². The molecule has 0 fully saturated rings. The molecule has 0 radical (unpaired) electrons. The molecule has 1 aromatic carbocycles. The molecule has 0 saturated carbocycles. The van der Waals surface area contributed by atoms with Crippen molar-refractivity contribution in [1.82, 2.24) is 5.16 Å². The first-order valence-corrected chi connectivity index (χ1v) is 7.02. The number of aryl methyl sites for hydroxylation is 1. The largest absolute Gasteiger partial charge is 0.486 e. The van der Waals surface area contributed by atoms with Crippen LogP contribution in [-0.4, -0.2) is 30.3 Å². The molecule has 1 aliphatic heterocycles. The average molecular weight is 303 g/mol. The van der Waals surface area contributed by atoms with Crippen LogP contribution in [0.1, 0.15) is 12.6 Å². The molecule has 7 nitrogen and oxygen atoms in total. The van der Waals surface area contributed by atoms with Crippen LogP contribution in [0.4, 0.5) is 11.6 Å². The lowest BCUT2D eigenvalue weighted by molar-refractivity contribution is -0.116. The summed E-state index contributed by atoms with van der Waals surface area (Å²) in [5, 5.41) is 9.49. The van der Waals surface area contributed by atoms with Gasteiger partial charge in [0.25, 0.3) is 0 Å². The Morgan fingerprint density at radius 2 is 2.00 bits per heavy atom. The Balaban J connectivity index is 1.63. The fourth-order valence-electron chi connectivity index (χ4n) is 2.10. The van der Waals surface area contributed by atoms with Crippen molar-refractivity contribution >= 4 is 17.5 Å². The van der Waals surface area contributed by atoms with Gasteiger partial charge in [0, 0.05) is 17.8 Å². The van der Waals surface area contributed by atoms with E-state index in [2.05, 4.69) is 15.8 Å². The molecule has 2 heterocycles. The predicted molar refractivity (Wildman–Crippen MR) is 80.4 cm³/mol. The van der Waals surface area contributed by atoms with Gasteiger partial charge in [-0.15, -0.1) is 0 Å². The minimum atomic E-state index is -0.451. The Morgan fingerprint density at radius 3 is 2.73 bits per heavy atom.